The minimum Gasteiger partial charge on any atom is -0.491 e. The molecule has 1 saturated carbocycles. The van der Waals surface area contributed by atoms with E-state index in [1.165, 1.54) is 48.7 Å². The number of benzene rings is 2. The maximum Gasteiger partial charge on any atom is 0.335 e. The first-order valence-electron chi connectivity index (χ1n) is 13.8. The van der Waals surface area contributed by atoms with Crippen LogP contribution in [0.4, 0.5) is 0 Å². The molecule has 6 rings (SSSR count). The van der Waals surface area contributed by atoms with E-state index in [0.29, 0.717) is 18.1 Å². The van der Waals surface area contributed by atoms with Crippen molar-refractivity contribution < 1.29 is 19.4 Å². The summed E-state index contributed by atoms with van der Waals surface area (Å²) in [6.45, 7) is 6.72. The van der Waals surface area contributed by atoms with Gasteiger partial charge in [0.25, 0.3) is 0 Å². The second-order valence-electron chi connectivity index (χ2n) is 10.7. The van der Waals surface area contributed by atoms with E-state index < -0.39 is 5.97 Å². The Kier molecular flexibility index (Phi) is 7.18. The zero-order chi connectivity index (χ0) is 25.2. The minimum absolute atomic E-state index is 0.108. The van der Waals surface area contributed by atoms with Gasteiger partial charge in [-0.2, -0.15) is 0 Å². The summed E-state index contributed by atoms with van der Waals surface area (Å²) in [7, 11) is 0. The van der Waals surface area contributed by atoms with Crippen LogP contribution in [0.5, 0.6) is 5.75 Å². The van der Waals surface area contributed by atoms with Gasteiger partial charge >= 0.3 is 5.97 Å². The average molecular weight is 504 g/mol. The fourth-order valence-electron chi connectivity index (χ4n) is 6.42. The molecule has 1 aliphatic carbocycles. The molecule has 37 heavy (non-hydrogen) atoms. The van der Waals surface area contributed by atoms with Gasteiger partial charge in [-0.1, -0.05) is 37.5 Å². The van der Waals surface area contributed by atoms with Crippen LogP contribution in [0.3, 0.4) is 0 Å². The second-order valence-corrected chi connectivity index (χ2v) is 10.7. The van der Waals surface area contributed by atoms with Crippen LogP contribution in [-0.2, 0) is 11.3 Å². The van der Waals surface area contributed by atoms with Crippen LogP contribution in [0.15, 0.2) is 42.5 Å². The van der Waals surface area contributed by atoms with Crippen molar-refractivity contribution in [1.29, 1.82) is 0 Å². The molecule has 2 aliphatic heterocycles. The Morgan fingerprint density at radius 1 is 1.05 bits per heavy atom. The number of nitrogens with zero attached hydrogens (tertiary/aromatic N) is 2. The van der Waals surface area contributed by atoms with Gasteiger partial charge < -0.3 is 24.5 Å². The number of rotatable bonds is 6. The van der Waals surface area contributed by atoms with Crippen molar-refractivity contribution in [2.75, 3.05) is 46.0 Å². The summed E-state index contributed by atoms with van der Waals surface area (Å²) in [4.78, 5) is 14.4. The van der Waals surface area contributed by atoms with Crippen molar-refractivity contribution in [2.24, 2.45) is 0 Å². The summed E-state index contributed by atoms with van der Waals surface area (Å²) >= 11 is 0. The number of morpholine rings is 1. The van der Waals surface area contributed by atoms with Crippen LogP contribution in [0.2, 0.25) is 0 Å². The van der Waals surface area contributed by atoms with Crippen LogP contribution >= 0.6 is 0 Å². The summed E-state index contributed by atoms with van der Waals surface area (Å²) in [5.41, 5.74) is 5.05. The number of hydrogen-bond acceptors (Lipinski definition) is 5. The average Bonchev–Trinajstić information content (AvgIpc) is 3.24. The van der Waals surface area contributed by atoms with Crippen LogP contribution in [0.25, 0.3) is 22.2 Å². The molecule has 196 valence electrons. The topological polar surface area (TPSA) is 76.0 Å². The lowest BCUT2D eigenvalue weighted by Crippen LogP contribution is -2.45. The van der Waals surface area contributed by atoms with Crippen LogP contribution < -0.4 is 10.1 Å². The van der Waals surface area contributed by atoms with Gasteiger partial charge in [0.1, 0.15) is 12.4 Å². The third kappa shape index (κ3) is 5.00. The van der Waals surface area contributed by atoms with E-state index in [1.807, 2.05) is 18.2 Å². The van der Waals surface area contributed by atoms with Gasteiger partial charge in [0, 0.05) is 49.2 Å². The number of fused-ring (bicyclic) bond motifs is 5. The number of carboxylic acid groups (broad SMARTS) is 1. The number of ether oxygens (including phenoxy) is 2. The molecular weight excluding hydrogens is 466 g/mol. The van der Waals surface area contributed by atoms with Crippen LogP contribution in [-0.4, -0.2) is 72.6 Å². The largest absolute Gasteiger partial charge is 0.491 e. The van der Waals surface area contributed by atoms with Crippen molar-refractivity contribution in [2.45, 2.75) is 50.6 Å². The van der Waals surface area contributed by atoms with Crippen molar-refractivity contribution in [1.82, 2.24) is 14.8 Å². The highest BCUT2D eigenvalue weighted by atomic mass is 16.5. The normalized spacial score (nSPS) is 21.0. The van der Waals surface area contributed by atoms with Gasteiger partial charge in [-0.3, -0.25) is 4.90 Å². The van der Waals surface area contributed by atoms with Crippen molar-refractivity contribution in [3.8, 4) is 17.0 Å². The third-order valence-corrected chi connectivity index (χ3v) is 8.31. The summed E-state index contributed by atoms with van der Waals surface area (Å²) in [6, 6.07) is 14.2. The molecule has 2 N–H and O–H groups in total. The molecule has 0 spiro atoms. The fourth-order valence-corrected chi connectivity index (χ4v) is 6.42. The number of hydrogen-bond donors (Lipinski definition) is 2. The van der Waals surface area contributed by atoms with Gasteiger partial charge in [-0.05, 0) is 48.6 Å². The lowest BCUT2D eigenvalue weighted by Gasteiger charge is -2.30. The first-order chi connectivity index (χ1) is 18.2. The Bertz CT molecular complexity index is 1260. The molecule has 2 aromatic carbocycles. The summed E-state index contributed by atoms with van der Waals surface area (Å²) < 4.78 is 14.3. The number of aromatic nitrogens is 1. The Hall–Kier alpha value is -2.87. The van der Waals surface area contributed by atoms with E-state index in [2.05, 4.69) is 33.0 Å². The lowest BCUT2D eigenvalue weighted by molar-refractivity contribution is 0.0378. The van der Waals surface area contributed by atoms with Gasteiger partial charge in [0.05, 0.1) is 30.5 Å². The number of para-hydroxylation sites is 1. The Morgan fingerprint density at radius 2 is 1.86 bits per heavy atom. The van der Waals surface area contributed by atoms with E-state index in [1.54, 1.807) is 6.07 Å². The summed E-state index contributed by atoms with van der Waals surface area (Å²) in [6.07, 6.45) is 6.14. The van der Waals surface area contributed by atoms with Gasteiger partial charge in [-0.25, -0.2) is 4.79 Å². The Balaban J connectivity index is 1.42. The SMILES string of the molecule is O=C(O)c1ccc2c(C3CCCCC3)c3n(c2c1)CC(NCCN1CCOCC1)COc1ccccc1-3. The summed E-state index contributed by atoms with van der Waals surface area (Å²) in [5, 5.41) is 14.7. The third-order valence-electron chi connectivity index (χ3n) is 8.31. The second kappa shape index (κ2) is 10.9. The maximum absolute atomic E-state index is 11.9. The monoisotopic (exact) mass is 503 g/mol. The molecule has 3 aliphatic rings. The first kappa shape index (κ1) is 24.5. The number of nitrogens with one attached hydrogen (secondary N) is 1. The predicted molar refractivity (Wildman–Crippen MR) is 145 cm³/mol. The molecule has 3 heterocycles. The zero-order valence-corrected chi connectivity index (χ0v) is 21.5. The minimum atomic E-state index is -0.883. The predicted octanol–water partition coefficient (Wildman–Crippen LogP) is 4.74. The fraction of sp³-hybridized carbons (Fsp3) is 0.500. The van der Waals surface area contributed by atoms with Crippen LogP contribution in [0.1, 0.15) is 53.9 Å². The molecule has 1 atom stereocenters. The van der Waals surface area contributed by atoms with E-state index in [4.69, 9.17) is 9.47 Å². The van der Waals surface area contributed by atoms with E-state index in [-0.39, 0.29) is 6.04 Å². The smallest absolute Gasteiger partial charge is 0.335 e. The van der Waals surface area contributed by atoms with Crippen molar-refractivity contribution >= 4 is 16.9 Å². The lowest BCUT2D eigenvalue weighted by atomic mass is 9.81. The van der Waals surface area contributed by atoms with E-state index in [9.17, 15) is 9.90 Å². The molecule has 2 fully saturated rings. The highest BCUT2D eigenvalue weighted by molar-refractivity contribution is 5.98. The summed E-state index contributed by atoms with van der Waals surface area (Å²) in [5.74, 6) is 0.497. The standard InChI is InChI=1S/C30H37N3O4/c34-30(35)22-10-11-24-26(18-22)33-19-23(31-12-13-32-14-16-36-17-15-32)20-37-27-9-5-4-8-25(27)29(33)28(24)21-6-2-1-3-7-21/h4-5,8-11,18,21,23,31H,1-3,6-7,12-17,19-20H2,(H,34,35). The number of carbonyl (C=O) groups is 1. The molecule has 1 aromatic heterocycles. The molecule has 3 aromatic rings. The highest BCUT2D eigenvalue weighted by Crippen LogP contribution is 2.46. The van der Waals surface area contributed by atoms with E-state index >= 15 is 0 Å². The quantitative estimate of drug-likeness (QED) is 0.506. The molecule has 1 unspecified atom stereocenters. The van der Waals surface area contributed by atoms with Crippen molar-refractivity contribution in [3.05, 3.63) is 53.6 Å². The molecule has 0 bridgehead atoms. The highest BCUT2D eigenvalue weighted by Gasteiger charge is 2.30. The van der Waals surface area contributed by atoms with E-state index in [0.717, 1.165) is 62.8 Å². The Morgan fingerprint density at radius 3 is 2.68 bits per heavy atom. The molecule has 7 nitrogen and oxygen atoms in total. The first-order valence-corrected chi connectivity index (χ1v) is 13.8. The van der Waals surface area contributed by atoms with Crippen molar-refractivity contribution in [3.63, 3.8) is 0 Å². The van der Waals surface area contributed by atoms with Gasteiger partial charge in [0.15, 0.2) is 0 Å². The van der Waals surface area contributed by atoms with Gasteiger partial charge in [-0.15, -0.1) is 0 Å². The zero-order valence-electron chi connectivity index (χ0n) is 21.5. The molecular formula is C30H37N3O4. The van der Waals surface area contributed by atoms with Gasteiger partial charge in [0.2, 0.25) is 0 Å². The maximum atomic E-state index is 11.9. The molecule has 0 radical (unpaired) electrons. The molecule has 0 amide bonds. The number of aromatic carboxylic acids is 1. The molecule has 1 saturated heterocycles. The number of carboxylic acids is 1. The van der Waals surface area contributed by atoms with Crippen LogP contribution in [0, 0.1) is 0 Å². The Labute approximate surface area is 218 Å². The molecule has 7 heteroatoms.